The summed E-state index contributed by atoms with van der Waals surface area (Å²) in [5.41, 5.74) is 32.4. The van der Waals surface area contributed by atoms with Gasteiger partial charge in [-0.25, -0.2) is 4.79 Å². The second kappa shape index (κ2) is 41.4. The molecule has 0 fully saturated rings. The highest BCUT2D eigenvalue weighted by molar-refractivity contribution is 6.00. The molecule has 42 heteroatoms. The summed E-state index contributed by atoms with van der Waals surface area (Å²) >= 11 is 0. The van der Waals surface area contributed by atoms with E-state index >= 15 is 0 Å². The van der Waals surface area contributed by atoms with Crippen LogP contribution in [0.2, 0.25) is 0 Å². The molecule has 9 atom stereocenters. The lowest BCUT2D eigenvalue weighted by Crippen LogP contribution is -2.61. The number of nitrogens with one attached hydrogen (secondary N) is 18. The maximum atomic E-state index is 14.2. The monoisotopic (exact) mass is 1260 g/mol. The van der Waals surface area contributed by atoms with Crippen LogP contribution in [0.15, 0.2) is 0 Å². The van der Waals surface area contributed by atoms with Crippen molar-refractivity contribution >= 4 is 107 Å². The quantitative estimate of drug-likeness (QED) is 0.0153. The van der Waals surface area contributed by atoms with Crippen LogP contribution in [0.3, 0.4) is 0 Å². The van der Waals surface area contributed by atoms with Crippen molar-refractivity contribution in [3.05, 3.63) is 0 Å². The van der Waals surface area contributed by atoms with Crippen LogP contribution >= 0.6 is 0 Å². The molecule has 88 heavy (non-hydrogen) atoms. The molecule has 0 saturated carbocycles. The minimum Gasteiger partial charge on any atom is -0.481 e. The summed E-state index contributed by atoms with van der Waals surface area (Å²) in [5, 5.41) is 115. The fourth-order valence-corrected chi connectivity index (χ4v) is 7.58. The van der Waals surface area contributed by atoms with E-state index in [1.54, 1.807) is 0 Å². The van der Waals surface area contributed by atoms with Crippen molar-refractivity contribution in [1.82, 2.24) is 69.1 Å². The number of amides is 8. The molecule has 0 aliphatic heterocycles. The molecule has 0 saturated heterocycles. The number of carboxylic acid groups (broad SMARTS) is 5. The minimum atomic E-state index is -2.17. The van der Waals surface area contributed by atoms with Crippen molar-refractivity contribution in [1.29, 1.82) is 27.0 Å². The first kappa shape index (κ1) is 77.4. The van der Waals surface area contributed by atoms with Gasteiger partial charge in [0.05, 0.1) is 31.7 Å². The Morgan fingerprint density at radius 2 is 0.466 bits per heavy atom. The largest absolute Gasteiger partial charge is 0.481 e. The van der Waals surface area contributed by atoms with E-state index in [1.807, 2.05) is 0 Å². The Morgan fingerprint density at radius 3 is 0.682 bits per heavy atom. The van der Waals surface area contributed by atoms with E-state index in [0.29, 0.717) is 0 Å². The highest BCUT2D eigenvalue weighted by atomic mass is 16.4. The molecule has 0 aliphatic rings. The third kappa shape index (κ3) is 35.5. The van der Waals surface area contributed by atoms with Crippen molar-refractivity contribution in [3.8, 4) is 0 Å². The van der Waals surface area contributed by atoms with Gasteiger partial charge in [0, 0.05) is 32.7 Å². The summed E-state index contributed by atoms with van der Waals surface area (Å²) < 4.78 is 0. The predicted molar refractivity (Wildman–Crippen MR) is 306 cm³/mol. The third-order valence-electron chi connectivity index (χ3n) is 11.8. The van der Waals surface area contributed by atoms with Gasteiger partial charge in [-0.1, -0.05) is 0 Å². The summed E-state index contributed by atoms with van der Waals surface area (Å²) in [6.07, 6.45) is -6.54. The Kier molecular flexibility index (Phi) is 36.5. The van der Waals surface area contributed by atoms with Gasteiger partial charge in [-0.3, -0.25) is 84.6 Å². The van der Waals surface area contributed by atoms with Crippen molar-refractivity contribution in [3.63, 3.8) is 0 Å². The van der Waals surface area contributed by atoms with Gasteiger partial charge in [0.25, 0.3) is 0 Å². The van der Waals surface area contributed by atoms with E-state index in [1.165, 1.54) is 0 Å². The lowest BCUT2D eigenvalue weighted by molar-refractivity contribution is -0.144. The zero-order valence-electron chi connectivity index (χ0n) is 47.6. The molecule has 494 valence electrons. The van der Waals surface area contributed by atoms with Crippen LogP contribution in [0, 0.1) is 27.0 Å². The lowest BCUT2D eigenvalue weighted by Gasteiger charge is -2.27. The smallest absolute Gasteiger partial charge is 0.326 e. The van der Waals surface area contributed by atoms with Crippen LogP contribution in [-0.4, -0.2) is 220 Å². The molecule has 0 bridgehead atoms. The standard InChI is InChI=1S/C46H82N24O18/c47-20(6-1-11-58-42(48)49)33(79)67-25(16-29(71)72)37(83)63-21(7-2-12-59-43(50)51)34(80)68-26(17-30(73)74)38(84)64-22(8-3-13-60-44(52)53)35(81)69-27(18-31(75)76)39(85)65-23(9-4-14-61-45(54)55)36(82)70-28(19-32(77)78)40(86)66-24(41(87)88)10-5-15-62-46(56)57/h20-28H,1-19,47H2,(H,63,83)(H,64,84)(H,65,85)(H,66,86)(H,67,79)(H,68,80)(H,69,81)(H,70,82)(H,71,72)(H,73,74)(H,75,76)(H,77,78)(H,87,88)(H4,48,49,58)(H4,50,51,59)(H4,52,53,60)(H4,54,55,61)(H4,56,57,62)/t20-,21-,22-,23-,24-,25-,26-,27-,28-/m0/s1. The summed E-state index contributed by atoms with van der Waals surface area (Å²) in [4.78, 5) is 170. The highest BCUT2D eigenvalue weighted by Crippen LogP contribution is 2.09. The first-order valence-corrected chi connectivity index (χ1v) is 26.8. The van der Waals surface area contributed by atoms with Gasteiger partial charge in [-0.05, 0) is 64.2 Å². The summed E-state index contributed by atoms with van der Waals surface area (Å²) in [6, 6.07) is -16.7. The molecular weight excluding hydrogens is 1180 g/mol. The third-order valence-corrected chi connectivity index (χ3v) is 11.8. The maximum Gasteiger partial charge on any atom is 0.326 e. The van der Waals surface area contributed by atoms with Crippen molar-refractivity contribution in [2.45, 2.75) is 144 Å². The molecule has 8 amide bonds. The molecule has 42 nitrogen and oxygen atoms in total. The van der Waals surface area contributed by atoms with E-state index in [-0.39, 0.29) is 83.6 Å². The van der Waals surface area contributed by atoms with E-state index in [2.05, 4.69) is 69.1 Å². The molecule has 0 aromatic heterocycles. The van der Waals surface area contributed by atoms with Crippen molar-refractivity contribution < 1.29 is 87.9 Å². The Hall–Kier alpha value is -10.6. The van der Waals surface area contributed by atoms with Gasteiger partial charge >= 0.3 is 29.8 Å². The van der Waals surface area contributed by atoms with Gasteiger partial charge < -0.3 is 129 Å². The molecular formula is C46H82N24O18. The minimum absolute atomic E-state index is 0.000653. The highest BCUT2D eigenvalue weighted by Gasteiger charge is 2.37. The molecule has 0 rings (SSSR count). The molecule has 0 heterocycles. The second-order valence-electron chi connectivity index (χ2n) is 19.2. The van der Waals surface area contributed by atoms with Crippen LogP contribution in [0.1, 0.15) is 89.9 Å². The summed E-state index contributed by atoms with van der Waals surface area (Å²) in [5.74, 6) is -21.2. The topological polar surface area (TPSA) is 755 Å². The number of carbonyl (C=O) groups is 13. The number of rotatable bonds is 45. The predicted octanol–water partition coefficient (Wildman–Crippen LogP) is -10.5. The van der Waals surface area contributed by atoms with Crippen LogP contribution in [-0.2, 0) is 62.3 Å². The van der Waals surface area contributed by atoms with Gasteiger partial charge in [0.1, 0.15) is 48.3 Å². The number of carboxylic acids is 5. The molecule has 0 unspecified atom stereocenters. The van der Waals surface area contributed by atoms with E-state index < -0.39 is 200 Å². The first-order chi connectivity index (χ1) is 41.1. The van der Waals surface area contributed by atoms with Gasteiger partial charge in [0.2, 0.25) is 47.3 Å². The second-order valence-corrected chi connectivity index (χ2v) is 19.2. The van der Waals surface area contributed by atoms with Crippen LogP contribution in [0.4, 0.5) is 0 Å². The van der Waals surface area contributed by atoms with Crippen LogP contribution < -0.4 is 104 Å². The SMILES string of the molecule is N=C(N)NCCC[C@H](NC(=O)[C@H](CC(=O)O)NC(=O)[C@H](CCCNC(=N)N)NC(=O)[C@H](CC(=O)O)NC(=O)[C@H](CCCNC(=N)N)NC(=O)[C@H](CC(=O)O)NC(=O)[C@H](CCCNC(=N)N)NC(=O)[C@H](CC(=O)O)NC(=O)[C@@H](N)CCCNC(=N)N)C(=O)O. The number of guanidine groups is 5. The number of hydrogen-bond acceptors (Lipinski definition) is 19. The zero-order valence-corrected chi connectivity index (χ0v) is 47.6. The molecule has 0 radical (unpaired) electrons. The van der Waals surface area contributed by atoms with Crippen LogP contribution in [0.25, 0.3) is 0 Å². The Morgan fingerprint density at radius 1 is 0.284 bits per heavy atom. The van der Waals surface area contributed by atoms with Crippen molar-refractivity contribution in [2.24, 2.45) is 34.4 Å². The molecule has 0 aromatic carbocycles. The Labute approximate surface area is 501 Å². The fraction of sp³-hybridized carbons (Fsp3) is 0.609. The Bertz CT molecular complexity index is 2520. The Balaban J connectivity index is 7.14. The lowest BCUT2D eigenvalue weighted by atomic mass is 10.0. The number of aliphatic carboxylic acids is 5. The maximum absolute atomic E-state index is 14.2. The number of nitrogens with two attached hydrogens (primary N) is 6. The number of hydrogen-bond donors (Lipinski definition) is 29. The average molecular weight is 1260 g/mol. The van der Waals surface area contributed by atoms with E-state index in [9.17, 15) is 87.9 Å². The summed E-state index contributed by atoms with van der Waals surface area (Å²) in [7, 11) is 0. The molecule has 0 aromatic rings. The normalized spacial score (nSPS) is 13.6. The summed E-state index contributed by atoms with van der Waals surface area (Å²) in [6.45, 7) is -0.319. The molecule has 0 aliphatic carbocycles. The van der Waals surface area contributed by atoms with E-state index in [0.717, 1.165) is 0 Å². The van der Waals surface area contributed by atoms with Gasteiger partial charge in [0.15, 0.2) is 29.8 Å². The fourth-order valence-electron chi connectivity index (χ4n) is 7.58. The zero-order chi connectivity index (χ0) is 67.2. The molecule has 35 N–H and O–H groups in total. The average Bonchev–Trinajstić information content (AvgIpc) is 3.46. The van der Waals surface area contributed by atoms with Crippen LogP contribution in [0.5, 0.6) is 0 Å². The number of carbonyl (C=O) groups excluding carboxylic acids is 8. The molecule has 0 spiro atoms. The van der Waals surface area contributed by atoms with Gasteiger partial charge in [-0.2, -0.15) is 0 Å². The van der Waals surface area contributed by atoms with Crippen molar-refractivity contribution in [2.75, 3.05) is 32.7 Å². The van der Waals surface area contributed by atoms with Gasteiger partial charge in [-0.15, -0.1) is 0 Å². The first-order valence-electron chi connectivity index (χ1n) is 26.8. The van der Waals surface area contributed by atoms with E-state index in [4.69, 9.17) is 61.4 Å².